The Kier molecular flexibility index (Phi) is 3.35. The number of benzene rings is 1. The fourth-order valence-electron chi connectivity index (χ4n) is 3.25. The van der Waals surface area contributed by atoms with Gasteiger partial charge in [-0.25, -0.2) is 4.98 Å². The van der Waals surface area contributed by atoms with Gasteiger partial charge in [-0.05, 0) is 37.0 Å². The Morgan fingerprint density at radius 2 is 2.12 bits per heavy atom. The summed E-state index contributed by atoms with van der Waals surface area (Å²) in [4.78, 5) is 16.9. The van der Waals surface area contributed by atoms with Gasteiger partial charge in [-0.2, -0.15) is 5.10 Å². The van der Waals surface area contributed by atoms with Crippen molar-refractivity contribution in [3.63, 3.8) is 0 Å². The third-order valence-corrected chi connectivity index (χ3v) is 4.69. The summed E-state index contributed by atoms with van der Waals surface area (Å²) >= 11 is 0. The van der Waals surface area contributed by atoms with E-state index in [0.29, 0.717) is 30.6 Å². The highest BCUT2D eigenvalue weighted by molar-refractivity contribution is 5.98. The molecule has 1 amide bonds. The Hall–Kier alpha value is -2.73. The zero-order valence-electron chi connectivity index (χ0n) is 13.3. The maximum Gasteiger partial charge on any atom is 0.256 e. The summed E-state index contributed by atoms with van der Waals surface area (Å²) in [6.45, 7) is 1.90. The van der Waals surface area contributed by atoms with Crippen molar-refractivity contribution in [2.24, 2.45) is 0 Å². The predicted molar refractivity (Wildman–Crippen MR) is 90.7 cm³/mol. The Morgan fingerprint density at radius 3 is 2.96 bits per heavy atom. The van der Waals surface area contributed by atoms with Crippen LogP contribution in [-0.4, -0.2) is 31.8 Å². The SMILES string of the molecule is Cc1[nH]nc2ncc(NC(=O)[C@]3(O)CCc4ccccc4C3)cc12. The van der Waals surface area contributed by atoms with Crippen LogP contribution >= 0.6 is 0 Å². The molecular weight excluding hydrogens is 304 g/mol. The van der Waals surface area contributed by atoms with Crippen LogP contribution in [0.5, 0.6) is 0 Å². The van der Waals surface area contributed by atoms with Crippen LogP contribution in [0.1, 0.15) is 23.2 Å². The second-order valence-corrected chi connectivity index (χ2v) is 6.37. The van der Waals surface area contributed by atoms with Gasteiger partial charge < -0.3 is 10.4 Å². The average Bonchev–Trinajstić information content (AvgIpc) is 2.95. The molecule has 0 saturated heterocycles. The van der Waals surface area contributed by atoms with E-state index in [0.717, 1.165) is 16.6 Å². The molecule has 1 aliphatic carbocycles. The first-order valence-electron chi connectivity index (χ1n) is 7.96. The molecule has 3 aromatic rings. The molecule has 24 heavy (non-hydrogen) atoms. The fraction of sp³-hybridized carbons (Fsp3) is 0.278. The molecule has 4 rings (SSSR count). The van der Waals surface area contributed by atoms with Crippen molar-refractivity contribution < 1.29 is 9.90 Å². The van der Waals surface area contributed by atoms with Gasteiger partial charge in [0, 0.05) is 17.5 Å². The summed E-state index contributed by atoms with van der Waals surface area (Å²) in [5.74, 6) is -0.390. The molecule has 1 aromatic carbocycles. The minimum atomic E-state index is -1.39. The van der Waals surface area contributed by atoms with Gasteiger partial charge in [0.05, 0.1) is 11.9 Å². The van der Waals surface area contributed by atoms with Gasteiger partial charge in [0.15, 0.2) is 5.65 Å². The van der Waals surface area contributed by atoms with Gasteiger partial charge in [-0.1, -0.05) is 24.3 Å². The number of H-pyrrole nitrogens is 1. The van der Waals surface area contributed by atoms with Gasteiger partial charge in [-0.3, -0.25) is 9.89 Å². The van der Waals surface area contributed by atoms with Crippen LogP contribution in [0.25, 0.3) is 11.0 Å². The summed E-state index contributed by atoms with van der Waals surface area (Å²) in [6.07, 6.45) is 2.99. The monoisotopic (exact) mass is 322 g/mol. The molecule has 0 spiro atoms. The van der Waals surface area contributed by atoms with Crippen molar-refractivity contribution in [2.45, 2.75) is 31.8 Å². The summed E-state index contributed by atoms with van der Waals surface area (Å²) in [5, 5.41) is 21.4. The lowest BCUT2D eigenvalue weighted by Crippen LogP contribution is -2.47. The Balaban J connectivity index is 1.58. The third-order valence-electron chi connectivity index (χ3n) is 4.69. The summed E-state index contributed by atoms with van der Waals surface area (Å²) < 4.78 is 0. The number of rotatable bonds is 2. The van der Waals surface area contributed by atoms with Crippen molar-refractivity contribution in [3.05, 3.63) is 53.3 Å². The molecule has 122 valence electrons. The molecule has 1 atom stereocenters. The zero-order chi connectivity index (χ0) is 16.7. The number of hydrogen-bond acceptors (Lipinski definition) is 4. The van der Waals surface area contributed by atoms with E-state index in [1.54, 1.807) is 6.20 Å². The fourth-order valence-corrected chi connectivity index (χ4v) is 3.25. The highest BCUT2D eigenvalue weighted by Crippen LogP contribution is 2.30. The predicted octanol–water partition coefficient (Wildman–Crippen LogP) is 2.12. The minimum Gasteiger partial charge on any atom is -0.380 e. The van der Waals surface area contributed by atoms with Crippen LogP contribution in [0.2, 0.25) is 0 Å². The molecule has 0 saturated carbocycles. The van der Waals surface area contributed by atoms with Crippen LogP contribution in [0.3, 0.4) is 0 Å². The van der Waals surface area contributed by atoms with Crippen molar-refractivity contribution >= 4 is 22.6 Å². The quantitative estimate of drug-likeness (QED) is 0.674. The Bertz CT molecular complexity index is 934. The summed E-state index contributed by atoms with van der Waals surface area (Å²) in [5.41, 5.74) is 2.89. The summed E-state index contributed by atoms with van der Waals surface area (Å²) in [6, 6.07) is 9.75. The molecule has 2 heterocycles. The van der Waals surface area contributed by atoms with E-state index in [9.17, 15) is 9.90 Å². The number of hydrogen-bond donors (Lipinski definition) is 3. The van der Waals surface area contributed by atoms with Crippen molar-refractivity contribution in [3.8, 4) is 0 Å². The normalized spacial score (nSPS) is 19.9. The van der Waals surface area contributed by atoms with E-state index in [-0.39, 0.29) is 5.91 Å². The second-order valence-electron chi connectivity index (χ2n) is 6.37. The highest BCUT2D eigenvalue weighted by atomic mass is 16.3. The van der Waals surface area contributed by atoms with Gasteiger partial charge in [-0.15, -0.1) is 0 Å². The number of pyridine rings is 1. The summed E-state index contributed by atoms with van der Waals surface area (Å²) in [7, 11) is 0. The number of aromatic nitrogens is 3. The lowest BCUT2D eigenvalue weighted by Gasteiger charge is -2.32. The van der Waals surface area contributed by atoms with Crippen LogP contribution in [0.15, 0.2) is 36.5 Å². The smallest absolute Gasteiger partial charge is 0.256 e. The molecule has 3 N–H and O–H groups in total. The lowest BCUT2D eigenvalue weighted by molar-refractivity contribution is -0.135. The topological polar surface area (TPSA) is 90.9 Å². The molecule has 1 aliphatic rings. The first-order chi connectivity index (χ1) is 11.5. The number of carbonyl (C=O) groups excluding carboxylic acids is 1. The van der Waals surface area contributed by atoms with Crippen LogP contribution in [-0.2, 0) is 17.6 Å². The maximum atomic E-state index is 12.6. The highest BCUT2D eigenvalue weighted by Gasteiger charge is 2.39. The number of anilines is 1. The number of nitrogens with one attached hydrogen (secondary N) is 2. The van der Waals surface area contributed by atoms with E-state index in [4.69, 9.17) is 0 Å². The standard InChI is InChI=1S/C18H18N4O2/c1-11-15-8-14(10-19-16(15)22-21-11)20-17(23)18(24)7-6-12-4-2-3-5-13(12)9-18/h2-5,8,10,24H,6-7,9H2,1H3,(H,20,23)(H,19,21,22)/t18-/m0/s1. The maximum absolute atomic E-state index is 12.6. The number of aliphatic hydroxyl groups is 1. The van der Waals surface area contributed by atoms with E-state index in [1.165, 1.54) is 5.56 Å². The Morgan fingerprint density at radius 1 is 1.33 bits per heavy atom. The zero-order valence-corrected chi connectivity index (χ0v) is 13.3. The van der Waals surface area contributed by atoms with E-state index >= 15 is 0 Å². The number of fused-ring (bicyclic) bond motifs is 2. The molecule has 6 nitrogen and oxygen atoms in total. The minimum absolute atomic E-state index is 0.329. The average molecular weight is 322 g/mol. The van der Waals surface area contributed by atoms with Crippen molar-refractivity contribution in [1.29, 1.82) is 0 Å². The molecule has 0 fully saturated rings. The van der Waals surface area contributed by atoms with Crippen LogP contribution in [0, 0.1) is 6.92 Å². The second kappa shape index (κ2) is 5.42. The van der Waals surface area contributed by atoms with Crippen molar-refractivity contribution in [2.75, 3.05) is 5.32 Å². The molecule has 0 radical (unpaired) electrons. The van der Waals surface area contributed by atoms with Crippen molar-refractivity contribution in [1.82, 2.24) is 15.2 Å². The van der Waals surface area contributed by atoms with Crippen LogP contribution < -0.4 is 5.32 Å². The van der Waals surface area contributed by atoms with Crippen LogP contribution in [0.4, 0.5) is 5.69 Å². The van der Waals surface area contributed by atoms with Gasteiger partial charge in [0.25, 0.3) is 5.91 Å². The molecule has 0 aliphatic heterocycles. The first-order valence-corrected chi connectivity index (χ1v) is 7.96. The number of amides is 1. The molecule has 0 unspecified atom stereocenters. The van der Waals surface area contributed by atoms with E-state index < -0.39 is 5.60 Å². The van der Waals surface area contributed by atoms with Gasteiger partial charge >= 0.3 is 0 Å². The van der Waals surface area contributed by atoms with E-state index in [2.05, 4.69) is 20.5 Å². The van der Waals surface area contributed by atoms with E-state index in [1.807, 2.05) is 37.3 Å². The van der Waals surface area contributed by atoms with Gasteiger partial charge in [0.2, 0.25) is 0 Å². The number of aryl methyl sites for hydroxylation is 2. The Labute approximate surface area is 138 Å². The lowest BCUT2D eigenvalue weighted by atomic mass is 9.80. The molecule has 6 heteroatoms. The number of nitrogens with zero attached hydrogens (tertiary/aromatic N) is 2. The molecular formula is C18H18N4O2. The largest absolute Gasteiger partial charge is 0.380 e. The number of aromatic amines is 1. The first kappa shape index (κ1) is 14.8. The molecule has 0 bridgehead atoms. The van der Waals surface area contributed by atoms with Gasteiger partial charge in [0.1, 0.15) is 5.60 Å². The number of carbonyl (C=O) groups is 1. The third kappa shape index (κ3) is 2.45. The molecule has 2 aromatic heterocycles.